The minimum Gasteiger partial charge on any atom is -0.504 e. The molecule has 10 nitrogen and oxygen atoms in total. The van der Waals surface area contributed by atoms with Crippen molar-refractivity contribution in [3.8, 4) is 40.2 Å². The van der Waals surface area contributed by atoms with Crippen molar-refractivity contribution >= 4 is 16.5 Å². The quantitative estimate of drug-likeness (QED) is 0.171. The highest BCUT2D eigenvalue weighted by Gasteiger charge is 2.34. The molecule has 7 N–H and O–H groups in total. The van der Waals surface area contributed by atoms with Gasteiger partial charge in [0.05, 0.1) is 10.3 Å². The zero-order valence-corrected chi connectivity index (χ0v) is 9.39. The van der Waals surface area contributed by atoms with Crippen LogP contribution >= 0.6 is 0 Å². The summed E-state index contributed by atoms with van der Waals surface area (Å²) >= 11 is 0. The van der Waals surface area contributed by atoms with Crippen LogP contribution in [0.2, 0.25) is 0 Å². The second-order valence-electron chi connectivity index (χ2n) is 3.80. The zero-order chi connectivity index (χ0) is 15.4. The predicted octanol–water partition coefficient (Wildman–Crippen LogP) is 0.687. The van der Waals surface area contributed by atoms with Crippen molar-refractivity contribution in [1.29, 1.82) is 0 Å². The molecule has 0 spiro atoms. The molecule has 0 amide bonds. The number of nitro benzene ring substituents is 1. The maximum absolute atomic E-state index is 10.9. The molecule has 10 heteroatoms. The lowest BCUT2D eigenvalue weighted by molar-refractivity contribution is -0.384. The van der Waals surface area contributed by atoms with Gasteiger partial charge in [0, 0.05) is 0 Å². The van der Waals surface area contributed by atoms with Crippen LogP contribution in [-0.4, -0.2) is 40.7 Å². The van der Waals surface area contributed by atoms with Crippen LogP contribution in [0.1, 0.15) is 0 Å². The van der Waals surface area contributed by atoms with Gasteiger partial charge < -0.3 is 35.7 Å². The first-order valence-corrected chi connectivity index (χ1v) is 4.90. The first-order chi connectivity index (χ1) is 9.20. The minimum absolute atomic E-state index is 0.903. The Balaban J connectivity index is 3.27. The molecule has 0 bridgehead atoms. The van der Waals surface area contributed by atoms with E-state index in [-0.39, 0.29) is 0 Å². The molecule has 0 heterocycles. The zero-order valence-electron chi connectivity index (χ0n) is 9.39. The molecular weight excluding hydrogens is 278 g/mol. The van der Waals surface area contributed by atoms with Crippen LogP contribution in [0.25, 0.3) is 10.8 Å². The summed E-state index contributed by atoms with van der Waals surface area (Å²) < 4.78 is 0. The fourth-order valence-corrected chi connectivity index (χ4v) is 1.80. The minimum atomic E-state index is -1.38. The molecule has 0 aliphatic heterocycles. The number of nitro groups is 1. The Kier molecular flexibility index (Phi) is 2.53. The molecule has 0 unspecified atom stereocenters. The fraction of sp³-hybridized carbons (Fsp3) is 0. The van der Waals surface area contributed by atoms with Crippen molar-refractivity contribution in [2.45, 2.75) is 0 Å². The molecule has 0 radical (unpaired) electrons. The van der Waals surface area contributed by atoms with E-state index in [9.17, 15) is 45.9 Å². The number of rotatable bonds is 1. The Labute approximate surface area is 108 Å². The first kappa shape index (κ1) is 13.1. The van der Waals surface area contributed by atoms with E-state index in [4.69, 9.17) is 0 Å². The molecule has 0 aromatic heterocycles. The van der Waals surface area contributed by atoms with Gasteiger partial charge in [0.2, 0.25) is 23.0 Å². The lowest BCUT2D eigenvalue weighted by atomic mass is 10.0. The summed E-state index contributed by atoms with van der Waals surface area (Å²) in [6, 6.07) is 0. The molecule has 2 aromatic carbocycles. The maximum Gasteiger partial charge on any atom is 0.326 e. The van der Waals surface area contributed by atoms with E-state index < -0.39 is 61.6 Å². The number of benzene rings is 2. The Bertz CT molecular complexity index is 760. The van der Waals surface area contributed by atoms with E-state index in [1.165, 1.54) is 0 Å². The lowest BCUT2D eigenvalue weighted by Crippen LogP contribution is -1.93. The SMILES string of the molecule is O=[N+]([O-])c1c(O)c(O)c(O)c2c(O)c(O)c(O)c(O)c12. The topological polar surface area (TPSA) is 185 Å². The molecule has 0 fully saturated rings. The van der Waals surface area contributed by atoms with Crippen molar-refractivity contribution in [3.63, 3.8) is 0 Å². The fourth-order valence-electron chi connectivity index (χ4n) is 1.80. The van der Waals surface area contributed by atoms with E-state index in [0.29, 0.717) is 0 Å². The van der Waals surface area contributed by atoms with Crippen LogP contribution in [0, 0.1) is 10.1 Å². The highest BCUT2D eigenvalue weighted by Crippen LogP contribution is 2.59. The monoisotopic (exact) mass is 285 g/mol. The van der Waals surface area contributed by atoms with Gasteiger partial charge in [0.15, 0.2) is 17.2 Å². The summed E-state index contributed by atoms with van der Waals surface area (Å²) in [5.41, 5.74) is -1.27. The summed E-state index contributed by atoms with van der Waals surface area (Å²) in [7, 11) is 0. The van der Waals surface area contributed by atoms with Gasteiger partial charge in [-0.15, -0.1) is 0 Å². The van der Waals surface area contributed by atoms with Gasteiger partial charge in [0.1, 0.15) is 5.39 Å². The Morgan fingerprint density at radius 3 is 1.35 bits per heavy atom. The molecule has 0 atom stereocenters. The standard InChI is InChI=1S/C10H7NO9/c12-4-1-2(6(14)10(18)9(4)17)5(13)8(16)7(15)3(1)11(19)20/h12-18H. The third-order valence-corrected chi connectivity index (χ3v) is 2.73. The summed E-state index contributed by atoms with van der Waals surface area (Å²) in [5, 5.41) is 75.2. The second-order valence-corrected chi connectivity index (χ2v) is 3.80. The molecular formula is C10H7NO9. The van der Waals surface area contributed by atoms with Crippen LogP contribution < -0.4 is 0 Å². The van der Waals surface area contributed by atoms with Gasteiger partial charge in [-0.1, -0.05) is 0 Å². The second kappa shape index (κ2) is 3.85. The first-order valence-electron chi connectivity index (χ1n) is 4.90. The Morgan fingerprint density at radius 2 is 0.950 bits per heavy atom. The van der Waals surface area contributed by atoms with Crippen molar-refractivity contribution in [1.82, 2.24) is 0 Å². The average molecular weight is 285 g/mol. The normalized spacial score (nSPS) is 10.8. The molecule has 20 heavy (non-hydrogen) atoms. The average Bonchev–Trinajstić information content (AvgIpc) is 2.39. The molecule has 0 saturated carbocycles. The molecule has 2 aromatic rings. The van der Waals surface area contributed by atoms with E-state index in [1.54, 1.807) is 0 Å². The van der Waals surface area contributed by atoms with E-state index in [0.717, 1.165) is 0 Å². The van der Waals surface area contributed by atoms with Gasteiger partial charge in [-0.05, 0) is 0 Å². The molecule has 0 saturated heterocycles. The highest BCUT2D eigenvalue weighted by atomic mass is 16.6. The van der Waals surface area contributed by atoms with Crippen LogP contribution in [0.4, 0.5) is 5.69 Å². The predicted molar refractivity (Wildman–Crippen MR) is 62.3 cm³/mol. The number of hydrogen-bond acceptors (Lipinski definition) is 9. The van der Waals surface area contributed by atoms with Crippen LogP contribution in [0.5, 0.6) is 40.2 Å². The summed E-state index contributed by atoms with van der Waals surface area (Å²) in [6.45, 7) is 0. The smallest absolute Gasteiger partial charge is 0.326 e. The third-order valence-electron chi connectivity index (χ3n) is 2.73. The van der Waals surface area contributed by atoms with E-state index in [1.807, 2.05) is 0 Å². The summed E-state index contributed by atoms with van der Waals surface area (Å²) in [6.07, 6.45) is 0. The van der Waals surface area contributed by atoms with Crippen molar-refractivity contribution in [2.24, 2.45) is 0 Å². The number of hydrogen-bond donors (Lipinski definition) is 7. The number of fused-ring (bicyclic) bond motifs is 1. The van der Waals surface area contributed by atoms with Crippen molar-refractivity contribution in [2.75, 3.05) is 0 Å². The molecule has 106 valence electrons. The summed E-state index contributed by atoms with van der Waals surface area (Å²) in [5.74, 6) is -8.94. The largest absolute Gasteiger partial charge is 0.504 e. The number of phenols is 7. The Hall–Kier alpha value is -3.30. The van der Waals surface area contributed by atoms with Gasteiger partial charge in [-0.3, -0.25) is 10.1 Å². The Morgan fingerprint density at radius 1 is 0.600 bits per heavy atom. The van der Waals surface area contributed by atoms with Gasteiger partial charge >= 0.3 is 5.69 Å². The summed E-state index contributed by atoms with van der Waals surface area (Å²) in [4.78, 5) is 9.66. The van der Waals surface area contributed by atoms with Crippen LogP contribution in [-0.2, 0) is 0 Å². The lowest BCUT2D eigenvalue weighted by Gasteiger charge is -2.12. The van der Waals surface area contributed by atoms with Crippen molar-refractivity contribution < 1.29 is 40.7 Å². The third kappa shape index (κ3) is 1.38. The number of phenolic OH excluding ortho intramolecular Hbond substituents is 7. The maximum atomic E-state index is 10.9. The van der Waals surface area contributed by atoms with Gasteiger partial charge in [-0.25, -0.2) is 0 Å². The highest BCUT2D eigenvalue weighted by molar-refractivity contribution is 6.09. The number of aromatic hydroxyl groups is 7. The van der Waals surface area contributed by atoms with Gasteiger partial charge in [-0.2, -0.15) is 0 Å². The number of nitrogens with zero attached hydrogens (tertiary/aromatic N) is 1. The van der Waals surface area contributed by atoms with Crippen LogP contribution in [0.15, 0.2) is 0 Å². The van der Waals surface area contributed by atoms with E-state index in [2.05, 4.69) is 0 Å². The molecule has 2 rings (SSSR count). The van der Waals surface area contributed by atoms with Crippen LogP contribution in [0.3, 0.4) is 0 Å². The van der Waals surface area contributed by atoms with Gasteiger partial charge in [0.25, 0.3) is 0 Å². The van der Waals surface area contributed by atoms with Crippen molar-refractivity contribution in [3.05, 3.63) is 10.1 Å². The molecule has 0 aliphatic carbocycles. The molecule has 0 aliphatic rings. The van der Waals surface area contributed by atoms with E-state index >= 15 is 0 Å².